The lowest BCUT2D eigenvalue weighted by Gasteiger charge is -2.33. The minimum atomic E-state index is -0.734. The first-order chi connectivity index (χ1) is 9.08. The van der Waals surface area contributed by atoms with E-state index in [4.69, 9.17) is 5.11 Å². The van der Waals surface area contributed by atoms with E-state index in [0.717, 1.165) is 6.54 Å². The van der Waals surface area contributed by atoms with Crippen LogP contribution >= 0.6 is 0 Å². The number of nitrogens with zero attached hydrogens (tertiary/aromatic N) is 1. The molecule has 0 heterocycles. The van der Waals surface area contributed by atoms with Gasteiger partial charge in [0.2, 0.25) is 0 Å². The summed E-state index contributed by atoms with van der Waals surface area (Å²) in [7, 11) is 0. The molecule has 1 unspecified atom stereocenters. The van der Waals surface area contributed by atoms with Gasteiger partial charge >= 0.3 is 5.97 Å². The van der Waals surface area contributed by atoms with E-state index in [1.807, 2.05) is 18.2 Å². The molecule has 3 heteroatoms. The van der Waals surface area contributed by atoms with Crippen molar-refractivity contribution in [3.8, 4) is 0 Å². The van der Waals surface area contributed by atoms with Gasteiger partial charge in [-0.25, -0.2) is 0 Å². The molecule has 1 aliphatic carbocycles. The summed E-state index contributed by atoms with van der Waals surface area (Å²) in [6.45, 7) is 5.37. The van der Waals surface area contributed by atoms with Crippen LogP contribution in [-0.2, 0) is 4.79 Å². The van der Waals surface area contributed by atoms with Crippen LogP contribution in [0.2, 0.25) is 0 Å². The fourth-order valence-corrected chi connectivity index (χ4v) is 2.75. The first-order valence-electron chi connectivity index (χ1n) is 7.08. The maximum absolute atomic E-state index is 11.1. The number of carboxylic acids is 1. The van der Waals surface area contributed by atoms with Crippen molar-refractivity contribution in [1.82, 2.24) is 4.90 Å². The zero-order valence-electron chi connectivity index (χ0n) is 11.7. The molecule has 104 valence electrons. The lowest BCUT2D eigenvalue weighted by atomic mass is 9.94. The van der Waals surface area contributed by atoms with Gasteiger partial charge in [-0.05, 0) is 30.2 Å². The minimum absolute atomic E-state index is 0.133. The first-order valence-corrected chi connectivity index (χ1v) is 7.08. The summed E-state index contributed by atoms with van der Waals surface area (Å²) < 4.78 is 0. The Morgan fingerprint density at radius 1 is 1.32 bits per heavy atom. The monoisotopic (exact) mass is 261 g/mol. The van der Waals surface area contributed by atoms with Crippen molar-refractivity contribution < 1.29 is 9.90 Å². The highest BCUT2D eigenvalue weighted by atomic mass is 16.4. The first kappa shape index (κ1) is 14.1. The van der Waals surface area contributed by atoms with Crippen molar-refractivity contribution in [2.24, 2.45) is 11.8 Å². The van der Waals surface area contributed by atoms with Gasteiger partial charge in [-0.2, -0.15) is 0 Å². The van der Waals surface area contributed by atoms with Gasteiger partial charge in [-0.15, -0.1) is 0 Å². The molecule has 0 spiro atoms. The lowest BCUT2D eigenvalue weighted by molar-refractivity contribution is -0.139. The zero-order valence-corrected chi connectivity index (χ0v) is 11.7. The smallest absolute Gasteiger partial charge is 0.317 e. The van der Waals surface area contributed by atoms with E-state index in [0.29, 0.717) is 11.8 Å². The standard InChI is InChI=1S/C16H23NO2/c1-12(2)16(14-6-4-3-5-7-14)17(11-15(18)19)10-13-8-9-13/h3-7,12-13,16H,8-11H2,1-2H3,(H,18,19). The lowest BCUT2D eigenvalue weighted by Crippen LogP contribution is -2.37. The highest BCUT2D eigenvalue weighted by Crippen LogP contribution is 2.35. The Bertz CT molecular complexity index is 412. The minimum Gasteiger partial charge on any atom is -0.480 e. The van der Waals surface area contributed by atoms with Gasteiger partial charge in [0.15, 0.2) is 0 Å². The highest BCUT2D eigenvalue weighted by molar-refractivity contribution is 5.69. The Morgan fingerprint density at radius 2 is 1.95 bits per heavy atom. The molecular weight excluding hydrogens is 238 g/mol. The van der Waals surface area contributed by atoms with Crippen LogP contribution in [-0.4, -0.2) is 29.1 Å². The third-order valence-corrected chi connectivity index (χ3v) is 3.69. The van der Waals surface area contributed by atoms with Crippen molar-refractivity contribution in [3.05, 3.63) is 35.9 Å². The van der Waals surface area contributed by atoms with Crippen LogP contribution in [0.25, 0.3) is 0 Å². The molecule has 0 amide bonds. The molecule has 1 aromatic carbocycles. The second-order valence-corrected chi connectivity index (χ2v) is 5.87. The van der Waals surface area contributed by atoms with E-state index in [-0.39, 0.29) is 12.6 Å². The van der Waals surface area contributed by atoms with Gasteiger partial charge in [0.05, 0.1) is 6.54 Å². The van der Waals surface area contributed by atoms with Crippen LogP contribution in [0.3, 0.4) is 0 Å². The van der Waals surface area contributed by atoms with Crippen LogP contribution in [0.1, 0.15) is 38.3 Å². The number of hydrogen-bond acceptors (Lipinski definition) is 2. The number of benzene rings is 1. The Hall–Kier alpha value is -1.35. The molecule has 0 bridgehead atoms. The maximum atomic E-state index is 11.1. The zero-order chi connectivity index (χ0) is 13.8. The molecule has 3 nitrogen and oxygen atoms in total. The van der Waals surface area contributed by atoms with E-state index in [1.165, 1.54) is 18.4 Å². The van der Waals surface area contributed by atoms with Crippen molar-refractivity contribution >= 4 is 5.97 Å². The molecule has 0 saturated heterocycles. The van der Waals surface area contributed by atoms with Crippen molar-refractivity contribution in [1.29, 1.82) is 0 Å². The Labute approximate surface area is 115 Å². The Morgan fingerprint density at radius 3 is 2.42 bits per heavy atom. The second kappa shape index (κ2) is 6.20. The molecule has 1 saturated carbocycles. The maximum Gasteiger partial charge on any atom is 0.317 e. The van der Waals surface area contributed by atoms with Gasteiger partial charge in [0.25, 0.3) is 0 Å². The summed E-state index contributed by atoms with van der Waals surface area (Å²) in [6.07, 6.45) is 2.49. The second-order valence-electron chi connectivity index (χ2n) is 5.87. The summed E-state index contributed by atoms with van der Waals surface area (Å²) in [5, 5.41) is 9.15. The average Bonchev–Trinajstić information content (AvgIpc) is 3.13. The molecule has 1 atom stereocenters. The average molecular weight is 261 g/mol. The molecular formula is C16H23NO2. The van der Waals surface area contributed by atoms with E-state index in [9.17, 15) is 4.79 Å². The number of carboxylic acid groups (broad SMARTS) is 1. The third kappa shape index (κ3) is 4.06. The SMILES string of the molecule is CC(C)C(c1ccccc1)N(CC(=O)O)CC1CC1. The van der Waals surface area contributed by atoms with Gasteiger partial charge in [-0.1, -0.05) is 44.2 Å². The summed E-state index contributed by atoms with van der Waals surface area (Å²) >= 11 is 0. The molecule has 1 fully saturated rings. The van der Waals surface area contributed by atoms with E-state index in [1.54, 1.807) is 0 Å². The van der Waals surface area contributed by atoms with Crippen molar-refractivity contribution in [3.63, 3.8) is 0 Å². The predicted octanol–water partition coefficient (Wildman–Crippen LogP) is 3.18. The number of aliphatic carboxylic acids is 1. The summed E-state index contributed by atoms with van der Waals surface area (Å²) in [4.78, 5) is 13.3. The molecule has 1 aromatic rings. The van der Waals surface area contributed by atoms with Crippen LogP contribution in [0.4, 0.5) is 0 Å². The van der Waals surface area contributed by atoms with E-state index in [2.05, 4.69) is 30.9 Å². The number of carbonyl (C=O) groups is 1. The van der Waals surface area contributed by atoms with Gasteiger partial charge in [0, 0.05) is 12.6 Å². The van der Waals surface area contributed by atoms with Gasteiger partial charge < -0.3 is 5.11 Å². The topological polar surface area (TPSA) is 40.5 Å². The van der Waals surface area contributed by atoms with Crippen molar-refractivity contribution in [2.45, 2.75) is 32.7 Å². The summed E-state index contributed by atoms with van der Waals surface area (Å²) in [5.74, 6) is 0.368. The molecule has 2 rings (SSSR count). The molecule has 0 aromatic heterocycles. The Balaban J connectivity index is 2.19. The fraction of sp³-hybridized carbons (Fsp3) is 0.562. The molecule has 0 aliphatic heterocycles. The van der Waals surface area contributed by atoms with Crippen LogP contribution in [0.5, 0.6) is 0 Å². The molecule has 19 heavy (non-hydrogen) atoms. The quantitative estimate of drug-likeness (QED) is 0.819. The molecule has 1 aliphatic rings. The largest absolute Gasteiger partial charge is 0.480 e. The fourth-order valence-electron chi connectivity index (χ4n) is 2.75. The Kier molecular flexibility index (Phi) is 4.59. The predicted molar refractivity (Wildman–Crippen MR) is 76.0 cm³/mol. The number of hydrogen-bond donors (Lipinski definition) is 1. The highest BCUT2D eigenvalue weighted by Gasteiger charge is 2.31. The van der Waals surface area contributed by atoms with E-state index < -0.39 is 5.97 Å². The van der Waals surface area contributed by atoms with E-state index >= 15 is 0 Å². The van der Waals surface area contributed by atoms with Gasteiger partial charge in [0.1, 0.15) is 0 Å². The van der Waals surface area contributed by atoms with Crippen LogP contribution < -0.4 is 0 Å². The van der Waals surface area contributed by atoms with Crippen molar-refractivity contribution in [2.75, 3.05) is 13.1 Å². The molecule has 1 N–H and O–H groups in total. The summed E-state index contributed by atoms with van der Waals surface area (Å²) in [5.41, 5.74) is 1.22. The van der Waals surface area contributed by atoms with Gasteiger partial charge in [-0.3, -0.25) is 9.69 Å². The summed E-state index contributed by atoms with van der Waals surface area (Å²) in [6, 6.07) is 10.5. The normalized spacial score (nSPS) is 16.8. The van der Waals surface area contributed by atoms with Crippen LogP contribution in [0.15, 0.2) is 30.3 Å². The molecule has 0 radical (unpaired) electrons. The number of rotatable bonds is 7. The third-order valence-electron chi connectivity index (χ3n) is 3.69. The van der Waals surface area contributed by atoms with Crippen LogP contribution in [0, 0.1) is 11.8 Å².